The number of rotatable bonds is 0. The Morgan fingerprint density at radius 3 is 2.50 bits per heavy atom. The molecule has 0 spiro atoms. The monoisotopic (exact) mass is 360 g/mol. The normalized spacial score (nSPS) is 14.7. The van der Waals surface area contributed by atoms with Gasteiger partial charge in [-0.15, -0.1) is 0 Å². The van der Waals surface area contributed by atoms with Gasteiger partial charge in [0.05, 0.1) is 0 Å². The van der Waals surface area contributed by atoms with Crippen molar-refractivity contribution in [3.63, 3.8) is 0 Å². The molecule has 0 heterocycles. The highest BCUT2D eigenvalue weighted by Crippen LogP contribution is 2.35. The third kappa shape index (κ3) is 1.36. The average Bonchev–Trinajstić information content (AvgIpc) is 2.40. The molecule has 0 saturated heterocycles. The van der Waals surface area contributed by atoms with Crippen molar-refractivity contribution in [3.8, 4) is 0 Å². The first-order chi connectivity index (χ1) is 8.75. The quantitative estimate of drug-likeness (QED) is 0.533. The Balaban J connectivity index is 2.43. The molecule has 0 saturated carbocycles. The van der Waals surface area contributed by atoms with Gasteiger partial charge >= 0.3 is 0 Å². The third-order valence-corrected chi connectivity index (χ3v) is 5.37. The van der Waals surface area contributed by atoms with Gasteiger partial charge in [0.15, 0.2) is 0 Å². The minimum absolute atomic E-state index is 1.11. The molecule has 0 fully saturated rings. The van der Waals surface area contributed by atoms with Crippen LogP contribution in [0.5, 0.6) is 0 Å². The zero-order valence-corrected chi connectivity index (χ0v) is 12.8. The lowest BCUT2D eigenvalue weighted by Crippen LogP contribution is -2.12. The molecule has 4 rings (SSSR count). The molecule has 0 N–H and O–H groups in total. The van der Waals surface area contributed by atoms with E-state index in [2.05, 4.69) is 68.3 Å². The molecule has 18 heavy (non-hydrogen) atoms. The van der Waals surface area contributed by atoms with Crippen LogP contribution in [0.2, 0.25) is 0 Å². The van der Waals surface area contributed by atoms with Gasteiger partial charge in [0.1, 0.15) is 0 Å². The van der Waals surface area contributed by atoms with E-state index >= 15 is 0 Å². The molecule has 88 valence electrons. The van der Waals surface area contributed by atoms with E-state index in [0.717, 1.165) is 12.8 Å². The number of benzene rings is 3. The summed E-state index contributed by atoms with van der Waals surface area (Å²) >= 11 is 7.40. The SMILES string of the molecule is BrC1=c2ccc3c(Br)ccc4ccc(c2c43)CC1. The number of hydrogen-bond donors (Lipinski definition) is 0. The zero-order chi connectivity index (χ0) is 12.3. The third-order valence-electron chi connectivity index (χ3n) is 3.85. The summed E-state index contributed by atoms with van der Waals surface area (Å²) in [6.45, 7) is 0. The lowest BCUT2D eigenvalue weighted by atomic mass is 9.90. The maximum absolute atomic E-state index is 3.73. The molecule has 0 bridgehead atoms. The molecule has 3 aromatic carbocycles. The molecule has 0 atom stereocenters. The van der Waals surface area contributed by atoms with Crippen LogP contribution in [0.1, 0.15) is 12.0 Å². The first kappa shape index (κ1) is 11.0. The highest BCUT2D eigenvalue weighted by Gasteiger charge is 2.14. The van der Waals surface area contributed by atoms with Crippen LogP contribution in [0, 0.1) is 0 Å². The Kier molecular flexibility index (Phi) is 2.33. The fourth-order valence-electron chi connectivity index (χ4n) is 3.00. The van der Waals surface area contributed by atoms with E-state index in [4.69, 9.17) is 0 Å². The number of halogens is 2. The van der Waals surface area contributed by atoms with Crippen molar-refractivity contribution < 1.29 is 0 Å². The second-order valence-corrected chi connectivity index (χ2v) is 6.62. The minimum atomic E-state index is 1.11. The molecule has 0 radical (unpaired) electrons. The summed E-state index contributed by atoms with van der Waals surface area (Å²) < 4.78 is 2.52. The van der Waals surface area contributed by atoms with Gasteiger partial charge < -0.3 is 0 Å². The molecule has 0 unspecified atom stereocenters. The highest BCUT2D eigenvalue weighted by atomic mass is 79.9. The maximum Gasteiger partial charge on any atom is 0.0254 e. The lowest BCUT2D eigenvalue weighted by Gasteiger charge is -2.17. The molecule has 3 aromatic rings. The van der Waals surface area contributed by atoms with Crippen LogP contribution in [0.25, 0.3) is 26.0 Å². The molecule has 0 amide bonds. The zero-order valence-electron chi connectivity index (χ0n) is 9.63. The van der Waals surface area contributed by atoms with Gasteiger partial charge in [-0.25, -0.2) is 0 Å². The summed E-state index contributed by atoms with van der Waals surface area (Å²) in [5.74, 6) is 0. The summed E-state index contributed by atoms with van der Waals surface area (Å²) in [7, 11) is 0. The van der Waals surface area contributed by atoms with E-state index in [0.29, 0.717) is 0 Å². The van der Waals surface area contributed by atoms with Crippen LogP contribution in [0.15, 0.2) is 40.9 Å². The van der Waals surface area contributed by atoms with Crippen LogP contribution in [-0.2, 0) is 6.42 Å². The van der Waals surface area contributed by atoms with E-state index in [1.54, 1.807) is 0 Å². The van der Waals surface area contributed by atoms with Crippen LogP contribution in [-0.4, -0.2) is 0 Å². The molecule has 1 aliphatic carbocycles. The van der Waals surface area contributed by atoms with Gasteiger partial charge in [0.2, 0.25) is 0 Å². The summed E-state index contributed by atoms with van der Waals surface area (Å²) in [5, 5.41) is 6.85. The second kappa shape index (κ2) is 3.82. The van der Waals surface area contributed by atoms with Crippen molar-refractivity contribution in [2.45, 2.75) is 12.8 Å². The minimum Gasteiger partial charge on any atom is -0.0578 e. The molecule has 1 aliphatic rings. The molecule has 2 heteroatoms. The summed E-state index contributed by atoms with van der Waals surface area (Å²) in [6, 6.07) is 13.3. The molecule has 0 nitrogen and oxygen atoms in total. The van der Waals surface area contributed by atoms with Crippen molar-refractivity contribution in [3.05, 3.63) is 51.7 Å². The predicted octanol–water partition coefficient (Wildman–Crippen LogP) is 4.92. The van der Waals surface area contributed by atoms with Gasteiger partial charge in [-0.05, 0) is 51.2 Å². The first-order valence-corrected chi connectivity index (χ1v) is 7.65. The molecule has 0 aliphatic heterocycles. The van der Waals surface area contributed by atoms with Crippen molar-refractivity contribution in [1.29, 1.82) is 0 Å². The van der Waals surface area contributed by atoms with Crippen molar-refractivity contribution in [1.82, 2.24) is 0 Å². The standard InChI is InChI=1S/C16H10Br2/c17-13-7-3-9-1-2-10-4-8-14(18)12-6-5-11(13)15(9)16(10)12/h1-3,5-7H,4,8H2. The maximum atomic E-state index is 3.73. The van der Waals surface area contributed by atoms with E-state index in [-0.39, 0.29) is 0 Å². The van der Waals surface area contributed by atoms with Crippen LogP contribution >= 0.6 is 31.9 Å². The Bertz CT molecular complexity index is 847. The lowest BCUT2D eigenvalue weighted by molar-refractivity contribution is 1.03. The Morgan fingerprint density at radius 1 is 0.778 bits per heavy atom. The van der Waals surface area contributed by atoms with Crippen molar-refractivity contribution in [2.75, 3.05) is 0 Å². The Hall–Kier alpha value is -0.860. The molecular formula is C16H10Br2. The van der Waals surface area contributed by atoms with Gasteiger partial charge in [-0.3, -0.25) is 0 Å². The van der Waals surface area contributed by atoms with Gasteiger partial charge in [-0.2, -0.15) is 0 Å². The van der Waals surface area contributed by atoms with Gasteiger partial charge in [-0.1, -0.05) is 62.2 Å². The van der Waals surface area contributed by atoms with Crippen molar-refractivity contribution >= 4 is 57.9 Å². The largest absolute Gasteiger partial charge is 0.0578 e. The van der Waals surface area contributed by atoms with E-state index in [1.807, 2.05) is 0 Å². The van der Waals surface area contributed by atoms with Crippen LogP contribution in [0.3, 0.4) is 0 Å². The van der Waals surface area contributed by atoms with E-state index in [1.165, 1.54) is 41.3 Å². The predicted molar refractivity (Wildman–Crippen MR) is 85.0 cm³/mol. The van der Waals surface area contributed by atoms with E-state index < -0.39 is 0 Å². The van der Waals surface area contributed by atoms with E-state index in [9.17, 15) is 0 Å². The Labute approximate surface area is 122 Å². The fourth-order valence-corrected chi connectivity index (χ4v) is 3.99. The number of hydrogen-bond acceptors (Lipinski definition) is 0. The number of aryl methyl sites for hydroxylation is 1. The highest BCUT2D eigenvalue weighted by molar-refractivity contribution is 9.14. The average molecular weight is 362 g/mol. The van der Waals surface area contributed by atoms with Gasteiger partial charge in [0, 0.05) is 8.96 Å². The van der Waals surface area contributed by atoms with Gasteiger partial charge in [0.25, 0.3) is 0 Å². The smallest absolute Gasteiger partial charge is 0.0254 e. The van der Waals surface area contributed by atoms with Crippen LogP contribution in [0.4, 0.5) is 0 Å². The first-order valence-electron chi connectivity index (χ1n) is 6.07. The second-order valence-electron chi connectivity index (χ2n) is 4.81. The fraction of sp³-hybridized carbons (Fsp3) is 0.125. The molecular weight excluding hydrogens is 352 g/mol. The topological polar surface area (TPSA) is 0 Å². The Morgan fingerprint density at radius 2 is 1.61 bits per heavy atom. The summed E-state index contributed by atoms with van der Waals surface area (Å²) in [5.41, 5.74) is 1.48. The molecule has 0 aromatic heterocycles. The summed E-state index contributed by atoms with van der Waals surface area (Å²) in [4.78, 5) is 0. The van der Waals surface area contributed by atoms with Crippen LogP contribution < -0.4 is 5.22 Å². The van der Waals surface area contributed by atoms with Crippen molar-refractivity contribution in [2.24, 2.45) is 0 Å². The summed E-state index contributed by atoms with van der Waals surface area (Å²) in [6.07, 6.45) is 2.25.